The fourth-order valence-corrected chi connectivity index (χ4v) is 2.64. The molecule has 0 radical (unpaired) electrons. The van der Waals surface area contributed by atoms with Gasteiger partial charge in [-0.3, -0.25) is 0 Å². The SMILES string of the molecule is C=C[C@@H](Sc1ccccc1N)c1ccccc1. The van der Waals surface area contributed by atoms with E-state index in [-0.39, 0.29) is 5.25 Å². The highest BCUT2D eigenvalue weighted by Gasteiger charge is 2.10. The first-order chi connectivity index (χ1) is 8.31. The molecule has 1 nitrogen and oxygen atoms in total. The summed E-state index contributed by atoms with van der Waals surface area (Å²) in [6.45, 7) is 3.90. The number of benzene rings is 2. The largest absolute Gasteiger partial charge is 0.398 e. The van der Waals surface area contributed by atoms with Crippen molar-refractivity contribution >= 4 is 17.4 Å². The Hall–Kier alpha value is -1.67. The Bertz CT molecular complexity index is 493. The van der Waals surface area contributed by atoms with Gasteiger partial charge >= 0.3 is 0 Å². The van der Waals surface area contributed by atoms with Crippen LogP contribution < -0.4 is 5.73 Å². The molecule has 17 heavy (non-hydrogen) atoms. The molecule has 0 heterocycles. The molecule has 0 amide bonds. The van der Waals surface area contributed by atoms with E-state index in [1.807, 2.05) is 48.5 Å². The zero-order valence-corrected chi connectivity index (χ0v) is 10.4. The normalized spacial score (nSPS) is 12.0. The van der Waals surface area contributed by atoms with Crippen LogP contribution in [-0.2, 0) is 0 Å². The molecule has 2 N–H and O–H groups in total. The zero-order chi connectivity index (χ0) is 12.1. The van der Waals surface area contributed by atoms with E-state index < -0.39 is 0 Å². The second-order valence-electron chi connectivity index (χ2n) is 3.72. The van der Waals surface area contributed by atoms with Crippen LogP contribution in [0.3, 0.4) is 0 Å². The highest BCUT2D eigenvalue weighted by molar-refractivity contribution is 7.99. The van der Waals surface area contributed by atoms with Gasteiger partial charge in [0.1, 0.15) is 0 Å². The third-order valence-corrected chi connectivity index (χ3v) is 3.86. The smallest absolute Gasteiger partial charge is 0.0522 e. The predicted molar refractivity (Wildman–Crippen MR) is 76.1 cm³/mol. The monoisotopic (exact) mass is 241 g/mol. The second-order valence-corrected chi connectivity index (χ2v) is 4.91. The average Bonchev–Trinajstić information content (AvgIpc) is 2.39. The molecule has 0 bridgehead atoms. The van der Waals surface area contributed by atoms with Gasteiger partial charge in [-0.1, -0.05) is 48.5 Å². The number of thioether (sulfide) groups is 1. The summed E-state index contributed by atoms with van der Waals surface area (Å²) >= 11 is 1.73. The van der Waals surface area contributed by atoms with Crippen LogP contribution in [0.2, 0.25) is 0 Å². The van der Waals surface area contributed by atoms with Crippen LogP contribution in [-0.4, -0.2) is 0 Å². The van der Waals surface area contributed by atoms with E-state index in [9.17, 15) is 0 Å². The molecule has 86 valence electrons. The Kier molecular flexibility index (Phi) is 3.89. The van der Waals surface area contributed by atoms with Crippen LogP contribution in [0.5, 0.6) is 0 Å². The van der Waals surface area contributed by atoms with E-state index in [2.05, 4.69) is 18.7 Å². The van der Waals surface area contributed by atoms with Crippen molar-refractivity contribution in [3.63, 3.8) is 0 Å². The van der Waals surface area contributed by atoms with Crippen molar-refractivity contribution < 1.29 is 0 Å². The number of para-hydroxylation sites is 1. The molecule has 2 heteroatoms. The summed E-state index contributed by atoms with van der Waals surface area (Å²) in [6.07, 6.45) is 1.95. The van der Waals surface area contributed by atoms with Gasteiger partial charge in [-0.05, 0) is 17.7 Å². The summed E-state index contributed by atoms with van der Waals surface area (Å²) in [4.78, 5) is 1.10. The minimum absolute atomic E-state index is 0.237. The van der Waals surface area contributed by atoms with Crippen LogP contribution in [0.25, 0.3) is 0 Å². The molecule has 0 aliphatic heterocycles. The molecule has 2 rings (SSSR count). The first kappa shape index (κ1) is 11.8. The van der Waals surface area contributed by atoms with Crippen LogP contribution in [0.4, 0.5) is 5.69 Å². The van der Waals surface area contributed by atoms with Crippen molar-refractivity contribution in [2.75, 3.05) is 5.73 Å². The molecule has 0 fully saturated rings. The van der Waals surface area contributed by atoms with Gasteiger partial charge in [0.25, 0.3) is 0 Å². The fraction of sp³-hybridized carbons (Fsp3) is 0.0667. The van der Waals surface area contributed by atoms with Crippen molar-refractivity contribution in [1.29, 1.82) is 0 Å². The van der Waals surface area contributed by atoms with Crippen LogP contribution >= 0.6 is 11.8 Å². The second kappa shape index (κ2) is 5.60. The first-order valence-corrected chi connectivity index (χ1v) is 6.38. The van der Waals surface area contributed by atoms with Gasteiger partial charge in [0, 0.05) is 10.6 Å². The van der Waals surface area contributed by atoms with Crippen molar-refractivity contribution in [2.24, 2.45) is 0 Å². The number of nitrogen functional groups attached to an aromatic ring is 1. The highest BCUT2D eigenvalue weighted by Crippen LogP contribution is 2.38. The zero-order valence-electron chi connectivity index (χ0n) is 9.54. The lowest BCUT2D eigenvalue weighted by Crippen LogP contribution is -1.92. The maximum Gasteiger partial charge on any atom is 0.0522 e. The Morgan fingerprint density at radius 2 is 1.65 bits per heavy atom. The molecule has 0 spiro atoms. The van der Waals surface area contributed by atoms with Gasteiger partial charge in [-0.2, -0.15) is 0 Å². The Labute approximate surface area is 106 Å². The maximum absolute atomic E-state index is 5.95. The Morgan fingerprint density at radius 3 is 2.29 bits per heavy atom. The first-order valence-electron chi connectivity index (χ1n) is 5.50. The molecule has 2 aromatic carbocycles. The lowest BCUT2D eigenvalue weighted by atomic mass is 10.1. The van der Waals surface area contributed by atoms with Crippen molar-refractivity contribution in [3.05, 3.63) is 72.8 Å². The molecule has 0 saturated heterocycles. The van der Waals surface area contributed by atoms with Gasteiger partial charge in [0.15, 0.2) is 0 Å². The van der Waals surface area contributed by atoms with Gasteiger partial charge in [0.05, 0.1) is 5.25 Å². The molecule has 0 aromatic heterocycles. The maximum atomic E-state index is 5.95. The number of hydrogen-bond acceptors (Lipinski definition) is 2. The van der Waals surface area contributed by atoms with Crippen LogP contribution in [0, 0.1) is 0 Å². The molecule has 2 aromatic rings. The van der Waals surface area contributed by atoms with Crippen LogP contribution in [0.1, 0.15) is 10.8 Å². The molecule has 0 aliphatic rings. The summed E-state index contributed by atoms with van der Waals surface area (Å²) < 4.78 is 0. The van der Waals surface area contributed by atoms with Gasteiger partial charge in [-0.15, -0.1) is 18.3 Å². The third kappa shape index (κ3) is 2.92. The Balaban J connectivity index is 2.22. The molecule has 0 aliphatic carbocycles. The topological polar surface area (TPSA) is 26.0 Å². The minimum Gasteiger partial charge on any atom is -0.398 e. The predicted octanol–water partition coefficient (Wildman–Crippen LogP) is 4.29. The average molecular weight is 241 g/mol. The molecule has 1 atom stereocenters. The van der Waals surface area contributed by atoms with E-state index in [1.165, 1.54) is 5.56 Å². The quantitative estimate of drug-likeness (QED) is 0.491. The molecule has 0 unspecified atom stereocenters. The van der Waals surface area contributed by atoms with Crippen LogP contribution in [0.15, 0.2) is 72.1 Å². The summed E-state index contributed by atoms with van der Waals surface area (Å²) in [7, 11) is 0. The summed E-state index contributed by atoms with van der Waals surface area (Å²) in [5.41, 5.74) is 8.01. The number of rotatable bonds is 4. The van der Waals surface area contributed by atoms with Crippen molar-refractivity contribution in [2.45, 2.75) is 10.1 Å². The number of hydrogen-bond donors (Lipinski definition) is 1. The lowest BCUT2D eigenvalue weighted by molar-refractivity contribution is 1.23. The van der Waals surface area contributed by atoms with Crippen molar-refractivity contribution in [1.82, 2.24) is 0 Å². The minimum atomic E-state index is 0.237. The Morgan fingerprint density at radius 1 is 1.00 bits per heavy atom. The highest BCUT2D eigenvalue weighted by atomic mass is 32.2. The van der Waals surface area contributed by atoms with E-state index in [4.69, 9.17) is 5.73 Å². The molecular formula is C15H15NS. The van der Waals surface area contributed by atoms with E-state index in [1.54, 1.807) is 11.8 Å². The molecular weight excluding hydrogens is 226 g/mol. The summed E-state index contributed by atoms with van der Waals surface area (Å²) in [6, 6.07) is 18.2. The van der Waals surface area contributed by atoms with E-state index in [0.717, 1.165) is 10.6 Å². The van der Waals surface area contributed by atoms with Crippen molar-refractivity contribution in [3.8, 4) is 0 Å². The number of anilines is 1. The van der Waals surface area contributed by atoms with Gasteiger partial charge < -0.3 is 5.73 Å². The fourth-order valence-electron chi connectivity index (χ4n) is 1.62. The number of nitrogens with two attached hydrogens (primary N) is 1. The van der Waals surface area contributed by atoms with E-state index >= 15 is 0 Å². The third-order valence-electron chi connectivity index (χ3n) is 2.52. The summed E-state index contributed by atoms with van der Waals surface area (Å²) in [5, 5.41) is 0.237. The van der Waals surface area contributed by atoms with Gasteiger partial charge in [0.2, 0.25) is 0 Å². The summed E-state index contributed by atoms with van der Waals surface area (Å²) in [5.74, 6) is 0. The molecule has 0 saturated carbocycles. The van der Waals surface area contributed by atoms with Gasteiger partial charge in [-0.25, -0.2) is 0 Å². The lowest BCUT2D eigenvalue weighted by Gasteiger charge is -2.13. The standard InChI is InChI=1S/C15H15NS/c1-2-14(12-8-4-3-5-9-12)17-15-11-7-6-10-13(15)16/h2-11,14H,1,16H2/t14-/m1/s1. The van der Waals surface area contributed by atoms with E-state index in [0.29, 0.717) is 0 Å².